The quantitative estimate of drug-likeness (QED) is 0.823. The van der Waals surface area contributed by atoms with Crippen LogP contribution in [0.15, 0.2) is 6.07 Å². The normalized spacial score (nSPS) is 10.6. The predicted molar refractivity (Wildman–Crippen MR) is 58.7 cm³/mol. The number of ether oxygens (including phenoxy) is 1. The van der Waals surface area contributed by atoms with Gasteiger partial charge >= 0.3 is 5.97 Å². The molecule has 0 spiro atoms. The van der Waals surface area contributed by atoms with Crippen molar-refractivity contribution in [3.8, 4) is 0 Å². The van der Waals surface area contributed by atoms with Crippen LogP contribution < -0.4 is 5.73 Å². The van der Waals surface area contributed by atoms with E-state index in [-0.39, 0.29) is 24.4 Å². The van der Waals surface area contributed by atoms with E-state index in [1.165, 1.54) is 6.92 Å². The Hall–Kier alpha value is -1.72. The van der Waals surface area contributed by atoms with Crippen molar-refractivity contribution in [2.45, 2.75) is 26.7 Å². The number of rotatable bonds is 4. The van der Waals surface area contributed by atoms with E-state index in [0.717, 1.165) is 6.07 Å². The van der Waals surface area contributed by atoms with E-state index in [9.17, 15) is 13.6 Å². The molecule has 1 aromatic rings. The van der Waals surface area contributed by atoms with Crippen LogP contribution in [0.2, 0.25) is 0 Å². The molecule has 6 heteroatoms. The number of aryl methyl sites for hydroxylation is 1. The number of carbonyl (C=O) groups is 1. The zero-order valence-electron chi connectivity index (χ0n) is 9.67. The van der Waals surface area contributed by atoms with Gasteiger partial charge in [-0.15, -0.1) is 0 Å². The van der Waals surface area contributed by atoms with Crippen molar-refractivity contribution in [3.05, 3.63) is 23.0 Å². The van der Waals surface area contributed by atoms with E-state index in [2.05, 4.69) is 4.98 Å². The van der Waals surface area contributed by atoms with Crippen molar-refractivity contribution in [1.82, 2.24) is 4.98 Å². The number of alkyl halides is 2. The largest absolute Gasteiger partial charge is 0.466 e. The molecule has 2 N–H and O–H groups in total. The fourth-order valence-electron chi connectivity index (χ4n) is 1.45. The van der Waals surface area contributed by atoms with Crippen molar-refractivity contribution in [2.24, 2.45) is 0 Å². The van der Waals surface area contributed by atoms with Crippen LogP contribution in [-0.2, 0) is 16.0 Å². The Labute approximate surface area is 97.8 Å². The zero-order chi connectivity index (χ0) is 13.0. The highest BCUT2D eigenvalue weighted by Gasteiger charge is 2.16. The second-order valence-electron chi connectivity index (χ2n) is 3.48. The standard InChI is InChI=1S/C11H14F2N2O2/c1-3-17-10(16)4-7-6(2)15-9(11(12)13)5-8(7)14/h5,11H,3-4H2,1-2H3,(H2,14,15). The topological polar surface area (TPSA) is 65.2 Å². The van der Waals surface area contributed by atoms with Gasteiger partial charge in [-0.2, -0.15) is 0 Å². The molecule has 0 aliphatic rings. The molecule has 0 amide bonds. The zero-order valence-corrected chi connectivity index (χ0v) is 9.67. The average molecular weight is 244 g/mol. The van der Waals surface area contributed by atoms with E-state index in [0.29, 0.717) is 11.3 Å². The molecule has 0 aromatic carbocycles. The fraction of sp³-hybridized carbons (Fsp3) is 0.455. The number of halogens is 2. The van der Waals surface area contributed by atoms with E-state index in [1.54, 1.807) is 6.92 Å². The van der Waals surface area contributed by atoms with Crippen molar-refractivity contribution in [1.29, 1.82) is 0 Å². The van der Waals surface area contributed by atoms with Crippen molar-refractivity contribution in [3.63, 3.8) is 0 Å². The number of hydrogen-bond donors (Lipinski definition) is 1. The van der Waals surface area contributed by atoms with Gasteiger partial charge in [-0.1, -0.05) is 0 Å². The van der Waals surface area contributed by atoms with Crippen molar-refractivity contribution < 1.29 is 18.3 Å². The average Bonchev–Trinajstić information content (AvgIpc) is 2.23. The molecule has 0 saturated heterocycles. The molecule has 0 fully saturated rings. The van der Waals surface area contributed by atoms with Gasteiger partial charge in [0.05, 0.1) is 13.0 Å². The molecule has 17 heavy (non-hydrogen) atoms. The summed E-state index contributed by atoms with van der Waals surface area (Å²) >= 11 is 0. The molecule has 0 bridgehead atoms. The first-order chi connectivity index (χ1) is 7.95. The van der Waals surface area contributed by atoms with Crippen LogP contribution in [0.5, 0.6) is 0 Å². The Morgan fingerprint density at radius 3 is 2.71 bits per heavy atom. The lowest BCUT2D eigenvalue weighted by molar-refractivity contribution is -0.142. The summed E-state index contributed by atoms with van der Waals surface area (Å²) in [6.45, 7) is 3.49. The number of carbonyl (C=O) groups excluding carboxylic acids is 1. The summed E-state index contributed by atoms with van der Waals surface area (Å²) in [5.41, 5.74) is 6.15. The third-order valence-corrected chi connectivity index (χ3v) is 2.24. The second kappa shape index (κ2) is 5.56. The molecule has 1 heterocycles. The molecule has 94 valence electrons. The predicted octanol–water partition coefficient (Wildman–Crippen LogP) is 2.02. The lowest BCUT2D eigenvalue weighted by Gasteiger charge is -2.10. The van der Waals surface area contributed by atoms with Crippen LogP contribution in [-0.4, -0.2) is 17.6 Å². The summed E-state index contributed by atoms with van der Waals surface area (Å²) in [7, 11) is 0. The van der Waals surface area contributed by atoms with E-state index in [1.807, 2.05) is 0 Å². The number of hydrogen-bond acceptors (Lipinski definition) is 4. The number of nitrogens with two attached hydrogens (primary N) is 1. The third-order valence-electron chi connectivity index (χ3n) is 2.24. The van der Waals surface area contributed by atoms with E-state index < -0.39 is 12.4 Å². The SMILES string of the molecule is CCOC(=O)Cc1c(N)cc(C(F)F)nc1C. The minimum Gasteiger partial charge on any atom is -0.466 e. The van der Waals surface area contributed by atoms with Gasteiger partial charge in [0.15, 0.2) is 0 Å². The van der Waals surface area contributed by atoms with Gasteiger partial charge in [0.1, 0.15) is 5.69 Å². The molecule has 0 atom stereocenters. The molecule has 1 aromatic heterocycles. The molecular formula is C11H14F2N2O2. The molecule has 0 saturated carbocycles. The van der Waals surface area contributed by atoms with Crippen molar-refractivity contribution in [2.75, 3.05) is 12.3 Å². The lowest BCUT2D eigenvalue weighted by atomic mass is 10.1. The highest BCUT2D eigenvalue weighted by atomic mass is 19.3. The van der Waals surface area contributed by atoms with Gasteiger partial charge in [0.25, 0.3) is 6.43 Å². The van der Waals surface area contributed by atoms with Gasteiger partial charge in [-0.25, -0.2) is 8.78 Å². The van der Waals surface area contributed by atoms with Gasteiger partial charge in [0.2, 0.25) is 0 Å². The molecule has 0 aliphatic carbocycles. The maximum absolute atomic E-state index is 12.4. The van der Waals surface area contributed by atoms with Gasteiger partial charge < -0.3 is 10.5 Å². The molecule has 1 rings (SSSR count). The Balaban J connectivity index is 2.97. The number of pyridine rings is 1. The molecule has 0 unspecified atom stereocenters. The molecule has 4 nitrogen and oxygen atoms in total. The Morgan fingerprint density at radius 1 is 1.59 bits per heavy atom. The lowest BCUT2D eigenvalue weighted by Crippen LogP contribution is -2.12. The monoisotopic (exact) mass is 244 g/mol. The highest BCUT2D eigenvalue weighted by molar-refractivity contribution is 5.75. The van der Waals surface area contributed by atoms with E-state index in [4.69, 9.17) is 10.5 Å². The number of nitrogens with zero attached hydrogens (tertiary/aromatic N) is 1. The first-order valence-corrected chi connectivity index (χ1v) is 5.15. The minimum absolute atomic E-state index is 0.0535. The van der Waals surface area contributed by atoms with Crippen LogP contribution in [0.3, 0.4) is 0 Å². The molecule has 0 aliphatic heterocycles. The minimum atomic E-state index is -2.67. The van der Waals surface area contributed by atoms with Crippen LogP contribution in [0, 0.1) is 6.92 Å². The summed E-state index contributed by atoms with van der Waals surface area (Å²) < 4.78 is 29.6. The number of aromatic nitrogens is 1. The maximum Gasteiger partial charge on any atom is 0.310 e. The summed E-state index contributed by atoms with van der Waals surface area (Å²) in [4.78, 5) is 15.0. The smallest absolute Gasteiger partial charge is 0.310 e. The highest BCUT2D eigenvalue weighted by Crippen LogP contribution is 2.23. The van der Waals surface area contributed by atoms with Crippen LogP contribution in [0.25, 0.3) is 0 Å². The number of esters is 1. The number of anilines is 1. The maximum atomic E-state index is 12.4. The fourth-order valence-corrected chi connectivity index (χ4v) is 1.45. The summed E-state index contributed by atoms with van der Waals surface area (Å²) in [6.07, 6.45) is -2.73. The molecular weight excluding hydrogens is 230 g/mol. The first kappa shape index (κ1) is 13.3. The van der Waals surface area contributed by atoms with Crippen LogP contribution >= 0.6 is 0 Å². The third kappa shape index (κ3) is 3.37. The molecule has 0 radical (unpaired) electrons. The van der Waals surface area contributed by atoms with Crippen molar-refractivity contribution >= 4 is 11.7 Å². The summed E-state index contributed by atoms with van der Waals surface area (Å²) in [5.74, 6) is -0.450. The van der Waals surface area contributed by atoms with Gasteiger partial charge in [-0.05, 0) is 19.9 Å². The number of nitrogen functional groups attached to an aromatic ring is 1. The Bertz CT molecular complexity index is 399. The Morgan fingerprint density at radius 2 is 2.24 bits per heavy atom. The van der Waals surface area contributed by atoms with E-state index >= 15 is 0 Å². The van der Waals surface area contributed by atoms with Gasteiger partial charge in [-0.3, -0.25) is 9.78 Å². The summed E-state index contributed by atoms with van der Waals surface area (Å²) in [6, 6.07) is 1.09. The van der Waals surface area contributed by atoms with Crippen LogP contribution in [0.1, 0.15) is 30.3 Å². The van der Waals surface area contributed by atoms with Crippen LogP contribution in [0.4, 0.5) is 14.5 Å². The first-order valence-electron chi connectivity index (χ1n) is 5.15. The summed E-state index contributed by atoms with van der Waals surface area (Å²) in [5, 5.41) is 0. The Kier molecular flexibility index (Phi) is 4.37. The second-order valence-corrected chi connectivity index (χ2v) is 3.48. The van der Waals surface area contributed by atoms with Gasteiger partial charge in [0, 0.05) is 16.9 Å².